The molecule has 6 nitrogen and oxygen atoms in total. The minimum atomic E-state index is -0.485. The third kappa shape index (κ3) is 4.24. The number of amides is 1. The van der Waals surface area contributed by atoms with Gasteiger partial charge in [-0.05, 0) is 62.1 Å². The molecular formula is C23H21ClN4O2. The molecule has 1 fully saturated rings. The summed E-state index contributed by atoms with van der Waals surface area (Å²) >= 11 is 5.80. The van der Waals surface area contributed by atoms with Crippen LogP contribution in [0.25, 0.3) is 0 Å². The average molecular weight is 421 g/mol. The maximum absolute atomic E-state index is 12.7. The van der Waals surface area contributed by atoms with Crippen molar-refractivity contribution in [3.63, 3.8) is 0 Å². The molecule has 30 heavy (non-hydrogen) atoms. The minimum absolute atomic E-state index is 0.0250. The summed E-state index contributed by atoms with van der Waals surface area (Å²) in [5.74, 6) is -0.176. The molecule has 1 saturated carbocycles. The van der Waals surface area contributed by atoms with Gasteiger partial charge in [0.2, 0.25) is 0 Å². The van der Waals surface area contributed by atoms with E-state index in [1.807, 2.05) is 19.1 Å². The van der Waals surface area contributed by atoms with E-state index in [4.69, 9.17) is 11.6 Å². The maximum atomic E-state index is 12.7. The van der Waals surface area contributed by atoms with E-state index in [0.717, 1.165) is 36.2 Å². The summed E-state index contributed by atoms with van der Waals surface area (Å²) in [6.07, 6.45) is 7.76. The van der Waals surface area contributed by atoms with Crippen LogP contribution in [-0.4, -0.2) is 26.6 Å². The lowest BCUT2D eigenvalue weighted by Gasteiger charge is -2.42. The molecule has 4 rings (SSSR count). The van der Waals surface area contributed by atoms with Crippen LogP contribution >= 0.6 is 11.6 Å². The number of rotatable bonds is 6. The van der Waals surface area contributed by atoms with Crippen molar-refractivity contribution in [2.75, 3.05) is 0 Å². The molecule has 3 heterocycles. The number of ketones is 1. The molecule has 0 radical (unpaired) electrons. The molecule has 1 amide bonds. The number of hydrogen-bond acceptors (Lipinski definition) is 5. The normalized spacial score (nSPS) is 14.6. The molecule has 0 spiro atoms. The summed E-state index contributed by atoms with van der Waals surface area (Å²) < 4.78 is 0. The lowest BCUT2D eigenvalue weighted by Crippen LogP contribution is -2.51. The van der Waals surface area contributed by atoms with Crippen LogP contribution in [0.4, 0.5) is 0 Å². The Labute approximate surface area is 179 Å². The Morgan fingerprint density at radius 2 is 1.87 bits per heavy atom. The molecular weight excluding hydrogens is 400 g/mol. The van der Waals surface area contributed by atoms with Crippen LogP contribution in [-0.2, 0) is 12.0 Å². The monoisotopic (exact) mass is 420 g/mol. The zero-order valence-electron chi connectivity index (χ0n) is 16.6. The van der Waals surface area contributed by atoms with Crippen molar-refractivity contribution >= 4 is 23.3 Å². The summed E-state index contributed by atoms with van der Waals surface area (Å²) in [6.45, 7) is 1.86. The SMILES string of the molecule is Cc1cc(C(=O)Cc2ccc(C3(NC(=O)c4ccc(Cl)nc4)CCC3)nc2)ccn1. The fourth-order valence-electron chi connectivity index (χ4n) is 3.59. The Hall–Kier alpha value is -3.12. The van der Waals surface area contributed by atoms with Gasteiger partial charge < -0.3 is 5.32 Å². The lowest BCUT2D eigenvalue weighted by atomic mass is 9.73. The van der Waals surface area contributed by atoms with Gasteiger partial charge in [0.15, 0.2) is 5.78 Å². The largest absolute Gasteiger partial charge is 0.341 e. The molecule has 3 aromatic heterocycles. The summed E-state index contributed by atoms with van der Waals surface area (Å²) in [6, 6.07) is 10.6. The summed E-state index contributed by atoms with van der Waals surface area (Å²) in [5, 5.41) is 3.46. The first-order valence-electron chi connectivity index (χ1n) is 9.80. The lowest BCUT2D eigenvalue weighted by molar-refractivity contribution is 0.0816. The van der Waals surface area contributed by atoms with Crippen molar-refractivity contribution in [1.29, 1.82) is 0 Å². The van der Waals surface area contributed by atoms with Crippen molar-refractivity contribution in [1.82, 2.24) is 20.3 Å². The number of nitrogens with zero attached hydrogens (tertiary/aromatic N) is 3. The van der Waals surface area contributed by atoms with Crippen molar-refractivity contribution in [3.05, 3.63) is 88.2 Å². The highest BCUT2D eigenvalue weighted by Crippen LogP contribution is 2.40. The van der Waals surface area contributed by atoms with Crippen LogP contribution in [0.3, 0.4) is 0 Å². The van der Waals surface area contributed by atoms with Gasteiger partial charge in [0, 0.05) is 36.3 Å². The van der Waals surface area contributed by atoms with Crippen molar-refractivity contribution in [2.24, 2.45) is 0 Å². The molecule has 0 saturated heterocycles. The van der Waals surface area contributed by atoms with Gasteiger partial charge in [-0.1, -0.05) is 17.7 Å². The van der Waals surface area contributed by atoms with Gasteiger partial charge in [0.25, 0.3) is 5.91 Å². The van der Waals surface area contributed by atoms with E-state index in [1.165, 1.54) is 6.20 Å². The zero-order valence-corrected chi connectivity index (χ0v) is 17.3. The van der Waals surface area contributed by atoms with E-state index in [-0.39, 0.29) is 18.1 Å². The van der Waals surface area contributed by atoms with E-state index in [1.54, 1.807) is 36.7 Å². The van der Waals surface area contributed by atoms with Crippen LogP contribution < -0.4 is 5.32 Å². The van der Waals surface area contributed by atoms with Gasteiger partial charge >= 0.3 is 0 Å². The van der Waals surface area contributed by atoms with Gasteiger partial charge in [0.05, 0.1) is 16.8 Å². The van der Waals surface area contributed by atoms with Crippen LogP contribution in [0, 0.1) is 6.92 Å². The predicted molar refractivity (Wildman–Crippen MR) is 113 cm³/mol. The standard InChI is InChI=1S/C23H21ClN4O2/c1-15-11-17(7-10-25-15)19(29)12-16-3-5-20(26-13-16)23(8-2-9-23)28-22(30)18-4-6-21(24)27-14-18/h3-7,10-11,13-14H,2,8-9,12H2,1H3,(H,28,30). The number of carbonyl (C=O) groups excluding carboxylic acids is 2. The zero-order chi connectivity index (χ0) is 21.1. The number of nitrogens with one attached hydrogen (secondary N) is 1. The molecule has 0 unspecified atom stereocenters. The molecule has 3 aromatic rings. The van der Waals surface area contributed by atoms with Gasteiger partial charge in [-0.25, -0.2) is 4.98 Å². The minimum Gasteiger partial charge on any atom is -0.341 e. The quantitative estimate of drug-likeness (QED) is 0.480. The Bertz CT molecular complexity index is 1080. The van der Waals surface area contributed by atoms with Gasteiger partial charge in [0.1, 0.15) is 5.15 Å². The second kappa shape index (κ2) is 8.32. The Morgan fingerprint density at radius 1 is 1.03 bits per heavy atom. The number of Topliss-reactive ketones (excluding diaryl/α,β-unsaturated/α-hetero) is 1. The molecule has 152 valence electrons. The van der Waals surface area contributed by atoms with Crippen LogP contribution in [0.2, 0.25) is 5.15 Å². The number of carbonyl (C=O) groups is 2. The number of aromatic nitrogens is 3. The fourth-order valence-corrected chi connectivity index (χ4v) is 3.71. The Kier molecular flexibility index (Phi) is 5.59. The highest BCUT2D eigenvalue weighted by Gasteiger charge is 2.41. The third-order valence-corrected chi connectivity index (χ3v) is 5.67. The first-order chi connectivity index (χ1) is 14.4. The van der Waals surface area contributed by atoms with Crippen LogP contribution in [0.15, 0.2) is 55.0 Å². The van der Waals surface area contributed by atoms with E-state index >= 15 is 0 Å². The van der Waals surface area contributed by atoms with Crippen LogP contribution in [0.1, 0.15) is 56.9 Å². The smallest absolute Gasteiger partial charge is 0.253 e. The second-order valence-corrected chi connectivity index (χ2v) is 7.98. The number of aryl methyl sites for hydroxylation is 1. The average Bonchev–Trinajstić information content (AvgIpc) is 2.72. The number of halogens is 1. The van der Waals surface area contributed by atoms with Crippen molar-refractivity contribution in [3.8, 4) is 0 Å². The van der Waals surface area contributed by atoms with Gasteiger partial charge in [-0.3, -0.25) is 19.6 Å². The van der Waals surface area contributed by atoms with Gasteiger partial charge in [-0.15, -0.1) is 0 Å². The molecule has 0 atom stereocenters. The summed E-state index contributed by atoms with van der Waals surface area (Å²) in [7, 11) is 0. The summed E-state index contributed by atoms with van der Waals surface area (Å²) in [4.78, 5) is 37.9. The highest BCUT2D eigenvalue weighted by molar-refractivity contribution is 6.29. The second-order valence-electron chi connectivity index (χ2n) is 7.60. The Balaban J connectivity index is 1.47. The first kappa shape index (κ1) is 20.2. The number of pyridine rings is 3. The third-order valence-electron chi connectivity index (χ3n) is 5.45. The van der Waals surface area contributed by atoms with Crippen molar-refractivity contribution in [2.45, 2.75) is 38.1 Å². The molecule has 1 N–H and O–H groups in total. The molecule has 0 aromatic carbocycles. The van der Waals surface area contributed by atoms with E-state index < -0.39 is 5.54 Å². The van der Waals surface area contributed by atoms with Gasteiger partial charge in [-0.2, -0.15) is 0 Å². The molecule has 1 aliphatic carbocycles. The summed E-state index contributed by atoms with van der Waals surface area (Å²) in [5.41, 5.74) is 3.07. The Morgan fingerprint density at radius 3 is 2.47 bits per heavy atom. The molecule has 0 bridgehead atoms. The van der Waals surface area contributed by atoms with Crippen molar-refractivity contribution < 1.29 is 9.59 Å². The molecule has 7 heteroatoms. The maximum Gasteiger partial charge on any atom is 0.253 e. The van der Waals surface area contributed by atoms with E-state index in [2.05, 4.69) is 20.3 Å². The van der Waals surface area contributed by atoms with E-state index in [0.29, 0.717) is 16.3 Å². The van der Waals surface area contributed by atoms with Crippen LogP contribution in [0.5, 0.6) is 0 Å². The topological polar surface area (TPSA) is 84.8 Å². The molecule has 1 aliphatic rings. The highest BCUT2D eigenvalue weighted by atomic mass is 35.5. The fraction of sp³-hybridized carbons (Fsp3) is 0.261. The van der Waals surface area contributed by atoms with E-state index in [9.17, 15) is 9.59 Å². The molecule has 0 aliphatic heterocycles. The number of hydrogen-bond donors (Lipinski definition) is 1. The first-order valence-corrected chi connectivity index (χ1v) is 10.2. The predicted octanol–water partition coefficient (Wildman–Crippen LogP) is 4.07.